The zero-order valence-electron chi connectivity index (χ0n) is 17.5. The number of carbonyl (C=O) groups excluding carboxylic acids is 1. The number of amides is 1. The second kappa shape index (κ2) is 7.49. The van der Waals surface area contributed by atoms with Crippen molar-refractivity contribution in [1.82, 2.24) is 9.62 Å². The first-order chi connectivity index (χ1) is 14.3. The van der Waals surface area contributed by atoms with Crippen LogP contribution < -0.4 is 5.32 Å². The summed E-state index contributed by atoms with van der Waals surface area (Å²) in [6.45, 7) is 2.53. The summed E-state index contributed by atoms with van der Waals surface area (Å²) < 4.78 is 27.7. The molecule has 0 spiro atoms. The lowest BCUT2D eigenvalue weighted by Crippen LogP contribution is -2.58. The molecule has 5 fully saturated rings. The van der Waals surface area contributed by atoms with Crippen LogP contribution in [-0.4, -0.2) is 37.3 Å². The molecule has 1 N–H and O–H groups in total. The molecule has 164 valence electrons. The summed E-state index contributed by atoms with van der Waals surface area (Å²) in [4.78, 5) is 13.4. The molecule has 4 aliphatic carbocycles. The van der Waals surface area contributed by atoms with E-state index in [-0.39, 0.29) is 22.3 Å². The van der Waals surface area contributed by atoms with E-state index in [0.717, 1.165) is 17.8 Å². The van der Waals surface area contributed by atoms with Gasteiger partial charge < -0.3 is 5.32 Å². The minimum absolute atomic E-state index is 0.0964. The van der Waals surface area contributed by atoms with Crippen molar-refractivity contribution in [3.8, 4) is 0 Å². The van der Waals surface area contributed by atoms with Crippen molar-refractivity contribution >= 4 is 27.5 Å². The zero-order valence-corrected chi connectivity index (χ0v) is 19.1. The molecule has 4 bridgehead atoms. The van der Waals surface area contributed by atoms with Crippen molar-refractivity contribution in [3.05, 3.63) is 29.3 Å². The number of hydrogen-bond donors (Lipinski definition) is 1. The van der Waals surface area contributed by atoms with E-state index in [2.05, 4.69) is 12.2 Å². The van der Waals surface area contributed by atoms with E-state index in [1.807, 2.05) is 0 Å². The molecular formula is C23H31ClN2O3S. The maximum atomic E-state index is 13.3. The molecule has 30 heavy (non-hydrogen) atoms. The Kier molecular flexibility index (Phi) is 5.19. The van der Waals surface area contributed by atoms with E-state index >= 15 is 0 Å². The van der Waals surface area contributed by atoms with E-state index in [1.54, 1.807) is 12.1 Å². The van der Waals surface area contributed by atoms with E-state index in [9.17, 15) is 13.2 Å². The Labute approximate surface area is 184 Å². The van der Waals surface area contributed by atoms with Crippen molar-refractivity contribution in [1.29, 1.82) is 0 Å². The molecule has 1 amide bonds. The second-order valence-electron chi connectivity index (χ2n) is 10.2. The lowest BCUT2D eigenvalue weighted by molar-refractivity contribution is -0.128. The van der Waals surface area contributed by atoms with Crippen LogP contribution in [0.25, 0.3) is 0 Å². The average Bonchev–Trinajstić information content (AvgIpc) is 3.18. The van der Waals surface area contributed by atoms with Crippen LogP contribution in [0.2, 0.25) is 5.02 Å². The van der Waals surface area contributed by atoms with E-state index in [1.165, 1.54) is 55.0 Å². The van der Waals surface area contributed by atoms with E-state index in [0.29, 0.717) is 24.4 Å². The van der Waals surface area contributed by atoms with Crippen molar-refractivity contribution in [2.24, 2.45) is 23.2 Å². The second-order valence-corrected chi connectivity index (χ2v) is 12.6. The maximum Gasteiger partial charge on any atom is 0.243 e. The van der Waals surface area contributed by atoms with Crippen molar-refractivity contribution in [3.63, 3.8) is 0 Å². The van der Waals surface area contributed by atoms with Gasteiger partial charge in [-0.05, 0) is 106 Å². The van der Waals surface area contributed by atoms with Crippen LogP contribution in [0.1, 0.15) is 58.3 Å². The average molecular weight is 451 g/mol. The molecule has 1 saturated heterocycles. The van der Waals surface area contributed by atoms with Crippen LogP contribution in [0, 0.1) is 23.2 Å². The number of halogens is 1. The molecule has 0 aromatic heterocycles. The van der Waals surface area contributed by atoms with Crippen LogP contribution in [0.4, 0.5) is 0 Å². The first-order valence-corrected chi connectivity index (χ1v) is 13.2. The van der Waals surface area contributed by atoms with Crippen LogP contribution in [0.15, 0.2) is 29.2 Å². The summed E-state index contributed by atoms with van der Waals surface area (Å²) in [6, 6.07) is 5.66. The quantitative estimate of drug-likeness (QED) is 0.730. The van der Waals surface area contributed by atoms with Gasteiger partial charge in [0.15, 0.2) is 0 Å². The lowest BCUT2D eigenvalue weighted by Gasteiger charge is -2.59. The molecule has 1 aromatic carbocycles. The number of hydrogen-bond acceptors (Lipinski definition) is 3. The summed E-state index contributed by atoms with van der Waals surface area (Å²) in [7, 11) is -3.72. The van der Waals surface area contributed by atoms with Gasteiger partial charge in [0.2, 0.25) is 15.9 Å². The molecule has 7 heteroatoms. The molecule has 2 atom stereocenters. The SMILES string of the molecule is C[C@H](NC(=O)[C@H]1CCCN1S(=O)(=O)c1ccc(Cl)cc1)C12CC3CC(CC(C3)C1)C2. The summed E-state index contributed by atoms with van der Waals surface area (Å²) >= 11 is 5.91. The molecule has 5 nitrogen and oxygen atoms in total. The van der Waals surface area contributed by atoms with E-state index in [4.69, 9.17) is 11.6 Å². The third kappa shape index (κ3) is 3.49. The van der Waals surface area contributed by atoms with Gasteiger partial charge in [-0.3, -0.25) is 4.79 Å². The Bertz CT molecular complexity index is 895. The Morgan fingerprint density at radius 2 is 1.67 bits per heavy atom. The number of nitrogens with zero attached hydrogens (tertiary/aromatic N) is 1. The topological polar surface area (TPSA) is 66.5 Å². The van der Waals surface area contributed by atoms with Gasteiger partial charge in [-0.2, -0.15) is 4.31 Å². The Morgan fingerprint density at radius 1 is 1.10 bits per heavy atom. The summed E-state index contributed by atoms with van der Waals surface area (Å²) in [5.41, 5.74) is 0.211. The fourth-order valence-corrected chi connectivity index (χ4v) is 8.98. The van der Waals surface area contributed by atoms with Crippen molar-refractivity contribution < 1.29 is 13.2 Å². The number of rotatable bonds is 5. The molecule has 0 unspecified atom stereocenters. The van der Waals surface area contributed by atoms with Gasteiger partial charge in [0.05, 0.1) is 4.90 Å². The Balaban J connectivity index is 1.31. The van der Waals surface area contributed by atoms with Gasteiger partial charge >= 0.3 is 0 Å². The standard InChI is InChI=1S/C23H31ClN2O3S/c1-15(23-12-16-9-17(13-23)11-18(10-16)14-23)25-22(27)21-3-2-8-26(21)30(28,29)20-6-4-19(24)5-7-20/h4-7,15-18,21H,2-3,8-14H2,1H3,(H,25,27)/t15-,16?,17?,18?,21+,23?/m0/s1. The number of sulfonamides is 1. The normalized spacial score (nSPS) is 36.7. The van der Waals surface area contributed by atoms with Gasteiger partial charge in [0, 0.05) is 17.6 Å². The summed E-state index contributed by atoms with van der Waals surface area (Å²) in [5.74, 6) is 2.34. The third-order valence-corrected chi connectivity index (χ3v) is 10.5. The molecule has 1 heterocycles. The number of benzene rings is 1. The molecule has 5 aliphatic rings. The van der Waals surface area contributed by atoms with Gasteiger partial charge in [-0.25, -0.2) is 8.42 Å². The highest BCUT2D eigenvalue weighted by Crippen LogP contribution is 2.61. The molecule has 1 aromatic rings. The Hall–Kier alpha value is -1.11. The third-order valence-electron chi connectivity index (χ3n) is 8.29. The lowest BCUT2D eigenvalue weighted by atomic mass is 9.48. The van der Waals surface area contributed by atoms with Crippen LogP contribution in [0.5, 0.6) is 0 Å². The van der Waals surface area contributed by atoms with Gasteiger partial charge in [0.25, 0.3) is 0 Å². The monoisotopic (exact) mass is 450 g/mol. The van der Waals surface area contributed by atoms with Crippen molar-refractivity contribution in [2.45, 2.75) is 75.3 Å². The molecule has 1 aliphatic heterocycles. The van der Waals surface area contributed by atoms with Gasteiger partial charge in [-0.1, -0.05) is 11.6 Å². The zero-order chi connectivity index (χ0) is 21.1. The fourth-order valence-electron chi connectivity index (χ4n) is 7.20. The molecule has 0 radical (unpaired) electrons. The van der Waals surface area contributed by atoms with Crippen LogP contribution >= 0.6 is 11.6 Å². The minimum atomic E-state index is -3.72. The van der Waals surface area contributed by atoms with Gasteiger partial charge in [-0.15, -0.1) is 0 Å². The minimum Gasteiger partial charge on any atom is -0.352 e. The fraction of sp³-hybridized carbons (Fsp3) is 0.696. The Morgan fingerprint density at radius 3 is 2.23 bits per heavy atom. The first kappa shape index (κ1) is 20.8. The summed E-state index contributed by atoms with van der Waals surface area (Å²) in [5, 5.41) is 3.77. The molecule has 4 saturated carbocycles. The first-order valence-electron chi connectivity index (χ1n) is 11.3. The molecule has 6 rings (SSSR count). The highest BCUT2D eigenvalue weighted by Gasteiger charge is 2.53. The predicted octanol–water partition coefficient (Wildman–Crippen LogP) is 4.21. The van der Waals surface area contributed by atoms with Crippen LogP contribution in [0.3, 0.4) is 0 Å². The van der Waals surface area contributed by atoms with E-state index < -0.39 is 16.1 Å². The highest BCUT2D eigenvalue weighted by atomic mass is 35.5. The smallest absolute Gasteiger partial charge is 0.243 e. The largest absolute Gasteiger partial charge is 0.352 e. The number of nitrogens with one attached hydrogen (secondary N) is 1. The van der Waals surface area contributed by atoms with Crippen LogP contribution in [-0.2, 0) is 14.8 Å². The highest BCUT2D eigenvalue weighted by molar-refractivity contribution is 7.89. The maximum absolute atomic E-state index is 13.3. The number of carbonyl (C=O) groups is 1. The predicted molar refractivity (Wildman–Crippen MR) is 117 cm³/mol. The summed E-state index contributed by atoms with van der Waals surface area (Å²) in [6.07, 6.45) is 9.05. The molecular weight excluding hydrogens is 420 g/mol. The van der Waals surface area contributed by atoms with Gasteiger partial charge in [0.1, 0.15) is 6.04 Å². The van der Waals surface area contributed by atoms with Crippen molar-refractivity contribution in [2.75, 3.05) is 6.54 Å².